The van der Waals surface area contributed by atoms with E-state index in [1.807, 2.05) is 0 Å². The number of rotatable bonds is 5. The maximum atomic E-state index is 6.79. The van der Waals surface area contributed by atoms with Gasteiger partial charge < -0.3 is 9.32 Å². The Bertz CT molecular complexity index is 3190. The summed E-state index contributed by atoms with van der Waals surface area (Å²) in [5, 5.41) is 12.2. The first-order chi connectivity index (χ1) is 26.8. The second kappa shape index (κ2) is 12.2. The van der Waals surface area contributed by atoms with Crippen LogP contribution in [0.3, 0.4) is 0 Å². The Morgan fingerprint density at radius 3 is 1.69 bits per heavy atom. The van der Waals surface area contributed by atoms with Gasteiger partial charge in [-0.25, -0.2) is 0 Å². The second-order valence-corrected chi connectivity index (χ2v) is 14.1. The standard InChI is InChI=1S/C52H33NO/c1-2-11-34(12-3-1)35-21-26-41(27-22-35)53(49-20-10-19-46-48-31-38-14-4-5-15-39(38)33-50(48)54-52(46)49)42-28-23-37(24-29-42)47-32-40-16-7-8-17-43(40)45-30-25-36-13-6-9-18-44(36)51(45)47/h1-33H. The van der Waals surface area contributed by atoms with Crippen LogP contribution in [0.2, 0.25) is 0 Å². The van der Waals surface area contributed by atoms with Crippen LogP contribution in [0.25, 0.3) is 87.3 Å². The number of anilines is 3. The van der Waals surface area contributed by atoms with Crippen LogP contribution >= 0.6 is 0 Å². The lowest BCUT2D eigenvalue weighted by molar-refractivity contribution is 0.669. The molecule has 0 fully saturated rings. The fraction of sp³-hybridized carbons (Fsp3) is 0. The number of para-hydroxylation sites is 1. The molecule has 252 valence electrons. The molecule has 2 heteroatoms. The minimum atomic E-state index is 0.867. The highest BCUT2D eigenvalue weighted by Gasteiger charge is 2.20. The van der Waals surface area contributed by atoms with E-state index in [0.29, 0.717) is 0 Å². The van der Waals surface area contributed by atoms with Crippen molar-refractivity contribution in [3.63, 3.8) is 0 Å². The number of nitrogens with zero attached hydrogens (tertiary/aromatic N) is 1. The Labute approximate surface area is 312 Å². The molecule has 0 bridgehead atoms. The summed E-state index contributed by atoms with van der Waals surface area (Å²) in [6, 6.07) is 72.2. The molecule has 1 heterocycles. The van der Waals surface area contributed by atoms with E-state index in [9.17, 15) is 0 Å². The minimum Gasteiger partial charge on any atom is -0.454 e. The van der Waals surface area contributed by atoms with Crippen molar-refractivity contribution in [2.45, 2.75) is 0 Å². The predicted octanol–water partition coefficient (Wildman–Crippen LogP) is 15.0. The van der Waals surface area contributed by atoms with E-state index >= 15 is 0 Å². The van der Waals surface area contributed by atoms with Crippen LogP contribution in [0.4, 0.5) is 17.1 Å². The van der Waals surface area contributed by atoms with Crippen molar-refractivity contribution < 1.29 is 4.42 Å². The van der Waals surface area contributed by atoms with Crippen molar-refractivity contribution in [1.29, 1.82) is 0 Å². The molecule has 0 unspecified atom stereocenters. The Morgan fingerprint density at radius 1 is 0.333 bits per heavy atom. The zero-order chi connectivity index (χ0) is 35.6. The molecule has 0 saturated carbocycles. The summed E-state index contributed by atoms with van der Waals surface area (Å²) >= 11 is 0. The number of benzene rings is 10. The fourth-order valence-electron chi connectivity index (χ4n) is 8.41. The van der Waals surface area contributed by atoms with Crippen molar-refractivity contribution in [2.75, 3.05) is 4.90 Å². The fourth-order valence-corrected chi connectivity index (χ4v) is 8.41. The third kappa shape index (κ3) is 4.88. The van der Waals surface area contributed by atoms with Crippen LogP contribution < -0.4 is 4.90 Å². The zero-order valence-corrected chi connectivity index (χ0v) is 29.4. The molecule has 0 amide bonds. The third-order valence-corrected chi connectivity index (χ3v) is 11.0. The van der Waals surface area contributed by atoms with Crippen LogP contribution in [0.15, 0.2) is 205 Å². The minimum absolute atomic E-state index is 0.867. The Kier molecular flexibility index (Phi) is 6.90. The number of fused-ring (bicyclic) bond motifs is 9. The average molecular weight is 688 g/mol. The molecule has 0 atom stereocenters. The molecule has 0 radical (unpaired) electrons. The molecule has 0 spiro atoms. The molecule has 11 aromatic rings. The molecule has 11 rings (SSSR count). The molecule has 1 aromatic heterocycles. The third-order valence-electron chi connectivity index (χ3n) is 11.0. The highest BCUT2D eigenvalue weighted by atomic mass is 16.3. The maximum Gasteiger partial charge on any atom is 0.159 e. The summed E-state index contributed by atoms with van der Waals surface area (Å²) in [5.74, 6) is 0. The van der Waals surface area contributed by atoms with Crippen LogP contribution in [0.1, 0.15) is 0 Å². The lowest BCUT2D eigenvalue weighted by atomic mass is 9.90. The van der Waals surface area contributed by atoms with Gasteiger partial charge in [0.25, 0.3) is 0 Å². The first-order valence-electron chi connectivity index (χ1n) is 18.5. The number of hydrogen-bond donors (Lipinski definition) is 0. The van der Waals surface area contributed by atoms with Gasteiger partial charge in [0, 0.05) is 22.1 Å². The summed E-state index contributed by atoms with van der Waals surface area (Å²) in [4.78, 5) is 2.33. The summed E-state index contributed by atoms with van der Waals surface area (Å²) in [6.45, 7) is 0. The maximum absolute atomic E-state index is 6.79. The molecular weight excluding hydrogens is 655 g/mol. The Morgan fingerprint density at radius 2 is 0.926 bits per heavy atom. The summed E-state index contributed by atoms with van der Waals surface area (Å²) < 4.78 is 6.79. The SMILES string of the molecule is c1ccc(-c2ccc(N(c3ccc(-c4cc5ccccc5c5ccc6ccccc6c45)cc3)c3cccc4c3oc3cc5ccccc5cc34)cc2)cc1. The molecule has 2 nitrogen and oxygen atoms in total. The van der Waals surface area contributed by atoms with Gasteiger partial charge in [0.2, 0.25) is 0 Å². The monoisotopic (exact) mass is 687 g/mol. The highest BCUT2D eigenvalue weighted by molar-refractivity contribution is 6.23. The van der Waals surface area contributed by atoms with E-state index in [0.717, 1.165) is 39.0 Å². The first kappa shape index (κ1) is 30.5. The van der Waals surface area contributed by atoms with E-state index in [4.69, 9.17) is 4.42 Å². The van der Waals surface area contributed by atoms with E-state index < -0.39 is 0 Å². The summed E-state index contributed by atoms with van der Waals surface area (Å²) in [7, 11) is 0. The molecule has 0 saturated heterocycles. The van der Waals surface area contributed by atoms with Gasteiger partial charge in [-0.15, -0.1) is 0 Å². The molecular formula is C52H33NO. The Balaban J connectivity index is 1.11. The van der Waals surface area contributed by atoms with Gasteiger partial charge >= 0.3 is 0 Å². The van der Waals surface area contributed by atoms with Gasteiger partial charge in [0.1, 0.15) is 5.58 Å². The number of hydrogen-bond acceptors (Lipinski definition) is 2. The van der Waals surface area contributed by atoms with Crippen LogP contribution in [-0.4, -0.2) is 0 Å². The van der Waals surface area contributed by atoms with Gasteiger partial charge in [-0.05, 0) is 114 Å². The van der Waals surface area contributed by atoms with Crippen molar-refractivity contribution in [1.82, 2.24) is 0 Å². The predicted molar refractivity (Wildman–Crippen MR) is 229 cm³/mol. The van der Waals surface area contributed by atoms with Gasteiger partial charge in [0.15, 0.2) is 5.58 Å². The van der Waals surface area contributed by atoms with E-state index in [-0.39, 0.29) is 0 Å². The Hall–Kier alpha value is -7.16. The molecule has 0 aliphatic heterocycles. The lowest BCUT2D eigenvalue weighted by Gasteiger charge is -2.26. The first-order valence-corrected chi connectivity index (χ1v) is 18.5. The van der Waals surface area contributed by atoms with Crippen molar-refractivity contribution in [3.05, 3.63) is 200 Å². The number of furan rings is 1. The van der Waals surface area contributed by atoms with E-state index in [1.54, 1.807) is 0 Å². The second-order valence-electron chi connectivity index (χ2n) is 14.1. The van der Waals surface area contributed by atoms with Crippen LogP contribution in [0.5, 0.6) is 0 Å². The van der Waals surface area contributed by atoms with Crippen LogP contribution in [-0.2, 0) is 0 Å². The summed E-state index contributed by atoms with van der Waals surface area (Å²) in [5.41, 5.74) is 9.65. The molecule has 54 heavy (non-hydrogen) atoms. The largest absolute Gasteiger partial charge is 0.454 e. The summed E-state index contributed by atoms with van der Waals surface area (Å²) in [6.07, 6.45) is 0. The molecule has 10 aromatic carbocycles. The highest BCUT2D eigenvalue weighted by Crippen LogP contribution is 2.45. The van der Waals surface area contributed by atoms with Gasteiger partial charge in [-0.2, -0.15) is 0 Å². The van der Waals surface area contributed by atoms with Crippen molar-refractivity contribution in [2.24, 2.45) is 0 Å². The topological polar surface area (TPSA) is 16.4 Å². The van der Waals surface area contributed by atoms with Gasteiger partial charge in [-0.3, -0.25) is 0 Å². The smallest absolute Gasteiger partial charge is 0.159 e. The van der Waals surface area contributed by atoms with Gasteiger partial charge in [0.05, 0.1) is 5.69 Å². The molecule has 0 aliphatic rings. The molecule has 0 N–H and O–H groups in total. The molecule has 0 aliphatic carbocycles. The van der Waals surface area contributed by atoms with Gasteiger partial charge in [-0.1, -0.05) is 152 Å². The van der Waals surface area contributed by atoms with Crippen molar-refractivity contribution in [3.8, 4) is 22.3 Å². The zero-order valence-electron chi connectivity index (χ0n) is 29.4. The van der Waals surface area contributed by atoms with Crippen LogP contribution in [0, 0.1) is 0 Å². The van der Waals surface area contributed by atoms with Crippen molar-refractivity contribution >= 4 is 82.1 Å². The lowest BCUT2D eigenvalue weighted by Crippen LogP contribution is -2.10. The van der Waals surface area contributed by atoms with E-state index in [2.05, 4.69) is 205 Å². The normalized spacial score (nSPS) is 11.7. The average Bonchev–Trinajstić information content (AvgIpc) is 3.61. The van der Waals surface area contributed by atoms with E-state index in [1.165, 1.54) is 65.3 Å². The quantitative estimate of drug-likeness (QED) is 0.168.